The zero-order chi connectivity index (χ0) is 15.9. The van der Waals surface area contributed by atoms with Crippen LogP contribution >= 0.6 is 0 Å². The minimum atomic E-state index is 0.000353. The molecule has 2 aromatic rings. The van der Waals surface area contributed by atoms with Crippen LogP contribution in [0.1, 0.15) is 31.4 Å². The van der Waals surface area contributed by atoms with Gasteiger partial charge in [0, 0.05) is 6.42 Å². The highest BCUT2D eigenvalue weighted by Crippen LogP contribution is 2.25. The number of rotatable bonds is 6. The van der Waals surface area contributed by atoms with Crippen molar-refractivity contribution in [2.45, 2.75) is 39.7 Å². The molecule has 116 valence electrons. The topological polar surface area (TPSA) is 38.3 Å². The zero-order valence-electron chi connectivity index (χ0n) is 13.4. The molecule has 2 rings (SSSR count). The largest absolute Gasteiger partial charge is 0.489 e. The van der Waals surface area contributed by atoms with E-state index < -0.39 is 0 Å². The Labute approximate surface area is 132 Å². The molecule has 3 heteroatoms. The van der Waals surface area contributed by atoms with Gasteiger partial charge in [0.05, 0.1) is 11.8 Å². The zero-order valence-corrected chi connectivity index (χ0v) is 13.4. The number of carbonyl (C=O) groups excluding carboxylic acids is 1. The third-order valence-corrected chi connectivity index (χ3v) is 3.29. The molecule has 0 radical (unpaired) electrons. The summed E-state index contributed by atoms with van der Waals surface area (Å²) in [7, 11) is 0. The van der Waals surface area contributed by atoms with Gasteiger partial charge in [0.1, 0.15) is 5.75 Å². The summed E-state index contributed by atoms with van der Waals surface area (Å²) in [6.45, 7) is 5.99. The van der Waals surface area contributed by atoms with Gasteiger partial charge in [-0.2, -0.15) is 0 Å². The second-order valence-corrected chi connectivity index (χ2v) is 5.70. The van der Waals surface area contributed by atoms with Gasteiger partial charge in [0.25, 0.3) is 0 Å². The molecule has 0 bridgehead atoms. The number of para-hydroxylation sites is 2. The Balaban J connectivity index is 1.93. The number of amides is 1. The average Bonchev–Trinajstić information content (AvgIpc) is 2.48. The Kier molecular flexibility index (Phi) is 5.59. The molecular formula is C19H23NO2. The molecule has 0 fully saturated rings. The summed E-state index contributed by atoms with van der Waals surface area (Å²) >= 11 is 0. The number of ether oxygens (including phenoxy) is 1. The molecule has 1 N–H and O–H groups in total. The van der Waals surface area contributed by atoms with Crippen LogP contribution < -0.4 is 10.1 Å². The van der Waals surface area contributed by atoms with Crippen molar-refractivity contribution < 1.29 is 9.53 Å². The first-order valence-corrected chi connectivity index (χ1v) is 7.65. The van der Waals surface area contributed by atoms with E-state index in [1.165, 1.54) is 11.1 Å². The fourth-order valence-electron chi connectivity index (χ4n) is 2.15. The lowest BCUT2D eigenvalue weighted by atomic mass is 10.1. The van der Waals surface area contributed by atoms with Crippen LogP contribution in [-0.4, -0.2) is 12.0 Å². The Morgan fingerprint density at radius 1 is 1.09 bits per heavy atom. The number of aryl methyl sites for hydroxylation is 2. The van der Waals surface area contributed by atoms with Gasteiger partial charge >= 0.3 is 0 Å². The summed E-state index contributed by atoms with van der Waals surface area (Å²) < 4.78 is 5.71. The highest BCUT2D eigenvalue weighted by Gasteiger charge is 2.09. The van der Waals surface area contributed by atoms with Crippen molar-refractivity contribution in [1.29, 1.82) is 0 Å². The van der Waals surface area contributed by atoms with Gasteiger partial charge in [-0.1, -0.05) is 42.0 Å². The monoisotopic (exact) mass is 297 g/mol. The number of hydrogen-bond donors (Lipinski definition) is 1. The Morgan fingerprint density at radius 2 is 1.77 bits per heavy atom. The van der Waals surface area contributed by atoms with E-state index in [-0.39, 0.29) is 12.0 Å². The third-order valence-electron chi connectivity index (χ3n) is 3.29. The molecule has 0 unspecified atom stereocenters. The van der Waals surface area contributed by atoms with Crippen molar-refractivity contribution in [3.63, 3.8) is 0 Å². The van der Waals surface area contributed by atoms with Gasteiger partial charge in [0.2, 0.25) is 5.91 Å². The lowest BCUT2D eigenvalue weighted by Gasteiger charge is -2.14. The van der Waals surface area contributed by atoms with Crippen LogP contribution in [0.25, 0.3) is 0 Å². The van der Waals surface area contributed by atoms with E-state index in [0.717, 1.165) is 12.1 Å². The SMILES string of the molecule is Cc1ccc(CCC(=O)Nc2ccccc2OC(C)C)cc1. The van der Waals surface area contributed by atoms with Crippen LogP contribution in [0.5, 0.6) is 5.75 Å². The molecule has 3 nitrogen and oxygen atoms in total. The lowest BCUT2D eigenvalue weighted by Crippen LogP contribution is -2.14. The summed E-state index contributed by atoms with van der Waals surface area (Å²) in [6, 6.07) is 15.8. The second kappa shape index (κ2) is 7.64. The average molecular weight is 297 g/mol. The van der Waals surface area contributed by atoms with Crippen molar-refractivity contribution in [3.8, 4) is 5.75 Å². The Morgan fingerprint density at radius 3 is 2.45 bits per heavy atom. The standard InChI is InChI=1S/C19H23NO2/c1-14(2)22-18-7-5-4-6-17(18)20-19(21)13-12-16-10-8-15(3)9-11-16/h4-11,14H,12-13H2,1-3H3,(H,20,21). The number of benzene rings is 2. The molecule has 22 heavy (non-hydrogen) atoms. The first-order chi connectivity index (χ1) is 10.5. The minimum absolute atomic E-state index is 0.000353. The van der Waals surface area contributed by atoms with Crippen LogP contribution in [0.2, 0.25) is 0 Å². The van der Waals surface area contributed by atoms with E-state index in [2.05, 4.69) is 36.5 Å². The van der Waals surface area contributed by atoms with E-state index in [4.69, 9.17) is 4.74 Å². The predicted octanol–water partition coefficient (Wildman–Crippen LogP) is 4.35. The smallest absolute Gasteiger partial charge is 0.224 e. The van der Waals surface area contributed by atoms with E-state index in [9.17, 15) is 4.79 Å². The van der Waals surface area contributed by atoms with Crippen LogP contribution in [-0.2, 0) is 11.2 Å². The summed E-state index contributed by atoms with van der Waals surface area (Å²) in [4.78, 5) is 12.1. The fraction of sp³-hybridized carbons (Fsp3) is 0.316. The summed E-state index contributed by atoms with van der Waals surface area (Å²) in [5.74, 6) is 0.710. The molecule has 1 amide bonds. The molecule has 0 aliphatic carbocycles. The van der Waals surface area contributed by atoms with E-state index >= 15 is 0 Å². The second-order valence-electron chi connectivity index (χ2n) is 5.70. The first-order valence-electron chi connectivity index (χ1n) is 7.65. The van der Waals surface area contributed by atoms with Crippen LogP contribution in [0.4, 0.5) is 5.69 Å². The number of hydrogen-bond acceptors (Lipinski definition) is 2. The maximum atomic E-state index is 12.1. The minimum Gasteiger partial charge on any atom is -0.489 e. The highest BCUT2D eigenvalue weighted by atomic mass is 16.5. The van der Waals surface area contributed by atoms with Gasteiger partial charge in [-0.15, -0.1) is 0 Å². The van der Waals surface area contributed by atoms with Crippen LogP contribution in [0.3, 0.4) is 0 Å². The van der Waals surface area contributed by atoms with E-state index in [1.54, 1.807) is 0 Å². The molecule has 0 aromatic heterocycles. The molecule has 0 aliphatic heterocycles. The predicted molar refractivity (Wildman–Crippen MR) is 90.3 cm³/mol. The molecule has 0 spiro atoms. The highest BCUT2D eigenvalue weighted by molar-refractivity contribution is 5.92. The molecule has 0 aliphatic rings. The molecule has 0 heterocycles. The van der Waals surface area contributed by atoms with E-state index in [0.29, 0.717) is 12.2 Å². The van der Waals surface area contributed by atoms with Crippen molar-refractivity contribution in [3.05, 3.63) is 59.7 Å². The van der Waals surface area contributed by atoms with Crippen molar-refractivity contribution in [2.75, 3.05) is 5.32 Å². The molecule has 0 atom stereocenters. The molecule has 2 aromatic carbocycles. The molecule has 0 saturated carbocycles. The normalized spacial score (nSPS) is 10.5. The third kappa shape index (κ3) is 4.92. The van der Waals surface area contributed by atoms with Gasteiger partial charge in [-0.05, 0) is 44.9 Å². The molecular weight excluding hydrogens is 274 g/mol. The summed E-state index contributed by atoms with van der Waals surface area (Å²) in [5.41, 5.74) is 3.13. The summed E-state index contributed by atoms with van der Waals surface area (Å²) in [6.07, 6.45) is 1.27. The molecule has 0 saturated heterocycles. The van der Waals surface area contributed by atoms with Crippen molar-refractivity contribution in [2.24, 2.45) is 0 Å². The first kappa shape index (κ1) is 16.1. The van der Waals surface area contributed by atoms with Gasteiger partial charge in [-0.3, -0.25) is 4.79 Å². The maximum absolute atomic E-state index is 12.1. The van der Waals surface area contributed by atoms with E-state index in [1.807, 2.05) is 38.1 Å². The van der Waals surface area contributed by atoms with Crippen LogP contribution in [0.15, 0.2) is 48.5 Å². The fourth-order valence-corrected chi connectivity index (χ4v) is 2.15. The van der Waals surface area contributed by atoms with Crippen molar-refractivity contribution >= 4 is 11.6 Å². The summed E-state index contributed by atoms with van der Waals surface area (Å²) in [5, 5.41) is 2.93. The Hall–Kier alpha value is -2.29. The number of nitrogens with one attached hydrogen (secondary N) is 1. The maximum Gasteiger partial charge on any atom is 0.224 e. The van der Waals surface area contributed by atoms with Gasteiger partial charge < -0.3 is 10.1 Å². The number of anilines is 1. The quantitative estimate of drug-likeness (QED) is 0.860. The van der Waals surface area contributed by atoms with Crippen LogP contribution in [0, 0.1) is 6.92 Å². The van der Waals surface area contributed by atoms with Gasteiger partial charge in [0.15, 0.2) is 0 Å². The van der Waals surface area contributed by atoms with Gasteiger partial charge in [-0.25, -0.2) is 0 Å². The number of carbonyl (C=O) groups is 1. The lowest BCUT2D eigenvalue weighted by molar-refractivity contribution is -0.116. The van der Waals surface area contributed by atoms with Crippen molar-refractivity contribution in [1.82, 2.24) is 0 Å². The Bertz CT molecular complexity index is 618.